The molecule has 2 aliphatic rings. The van der Waals surface area contributed by atoms with Crippen molar-refractivity contribution in [2.24, 2.45) is 0 Å². The quantitative estimate of drug-likeness (QED) is 0.818. The Balaban J connectivity index is 1.69. The van der Waals surface area contributed by atoms with Crippen molar-refractivity contribution in [3.8, 4) is 0 Å². The van der Waals surface area contributed by atoms with E-state index in [4.69, 9.17) is 0 Å². The Morgan fingerprint density at radius 1 is 1.06 bits per heavy atom. The number of nitrogens with one attached hydrogen (secondary N) is 1. The first-order valence-corrected chi connectivity index (χ1v) is 8.04. The lowest BCUT2D eigenvalue weighted by Gasteiger charge is -2.36. The minimum Gasteiger partial charge on any atom is -0.310 e. The van der Waals surface area contributed by atoms with Gasteiger partial charge in [-0.05, 0) is 58.4 Å². The highest BCUT2D eigenvalue weighted by Gasteiger charge is 2.24. The van der Waals surface area contributed by atoms with E-state index >= 15 is 0 Å². The summed E-state index contributed by atoms with van der Waals surface area (Å²) in [7, 11) is 2.25. The van der Waals surface area contributed by atoms with Crippen LogP contribution in [0.4, 0.5) is 0 Å². The number of likely N-dealkylation sites (tertiary alicyclic amines) is 1. The lowest BCUT2D eigenvalue weighted by molar-refractivity contribution is 0.205. The van der Waals surface area contributed by atoms with E-state index < -0.39 is 0 Å². The van der Waals surface area contributed by atoms with Gasteiger partial charge in [0.15, 0.2) is 0 Å². The fourth-order valence-corrected chi connectivity index (χ4v) is 3.84. The van der Waals surface area contributed by atoms with Gasteiger partial charge in [0.1, 0.15) is 0 Å². The number of hydrogen-bond acceptors (Lipinski definition) is 3. The third-order valence-corrected chi connectivity index (χ3v) is 5.24. The summed E-state index contributed by atoms with van der Waals surface area (Å²) in [5, 5.41) is 4.82. The number of nitrogens with zero attached hydrogens (tertiary/aromatic N) is 1. The highest BCUT2D eigenvalue weighted by molar-refractivity contribution is 7.99. The Labute approximate surface area is 105 Å². The van der Waals surface area contributed by atoms with Crippen LogP contribution < -0.4 is 5.32 Å². The third-order valence-electron chi connectivity index (χ3n) is 4.10. The number of thioether (sulfide) groups is 1. The van der Waals surface area contributed by atoms with E-state index in [9.17, 15) is 0 Å². The second-order valence-corrected chi connectivity index (χ2v) is 6.62. The molecular weight excluding hydrogens is 216 g/mol. The zero-order valence-electron chi connectivity index (χ0n) is 10.7. The van der Waals surface area contributed by atoms with Gasteiger partial charge in [-0.15, -0.1) is 0 Å². The minimum atomic E-state index is 0.759. The van der Waals surface area contributed by atoms with Crippen LogP contribution in [0.3, 0.4) is 0 Å². The van der Waals surface area contributed by atoms with Gasteiger partial charge in [-0.3, -0.25) is 0 Å². The van der Waals surface area contributed by atoms with E-state index in [0.29, 0.717) is 0 Å². The molecule has 1 heterocycles. The van der Waals surface area contributed by atoms with Gasteiger partial charge in [-0.1, -0.05) is 0 Å². The van der Waals surface area contributed by atoms with E-state index in [-0.39, 0.29) is 0 Å². The molecule has 94 valence electrons. The Morgan fingerprint density at radius 2 is 1.81 bits per heavy atom. The summed E-state index contributed by atoms with van der Waals surface area (Å²) in [6, 6.07) is 1.56. The van der Waals surface area contributed by atoms with Crippen molar-refractivity contribution in [1.82, 2.24) is 10.2 Å². The van der Waals surface area contributed by atoms with Crippen LogP contribution in [0.5, 0.6) is 0 Å². The second-order valence-electron chi connectivity index (χ2n) is 5.48. The molecule has 3 heteroatoms. The Morgan fingerprint density at radius 3 is 2.44 bits per heavy atom. The summed E-state index contributed by atoms with van der Waals surface area (Å²) in [4.78, 5) is 2.47. The molecule has 0 radical (unpaired) electrons. The molecule has 1 unspecified atom stereocenters. The van der Waals surface area contributed by atoms with Crippen molar-refractivity contribution in [3.05, 3.63) is 0 Å². The van der Waals surface area contributed by atoms with Crippen molar-refractivity contribution in [1.29, 1.82) is 0 Å². The lowest BCUT2D eigenvalue weighted by atomic mass is 9.93. The van der Waals surface area contributed by atoms with Crippen LogP contribution in [0.1, 0.15) is 38.5 Å². The van der Waals surface area contributed by atoms with Gasteiger partial charge in [0.25, 0.3) is 0 Å². The van der Waals surface area contributed by atoms with E-state index in [1.165, 1.54) is 51.6 Å². The van der Waals surface area contributed by atoms with Gasteiger partial charge in [-0.25, -0.2) is 0 Å². The van der Waals surface area contributed by atoms with Crippen LogP contribution in [-0.4, -0.2) is 48.6 Å². The van der Waals surface area contributed by atoms with Crippen molar-refractivity contribution < 1.29 is 0 Å². The van der Waals surface area contributed by atoms with Gasteiger partial charge < -0.3 is 10.2 Å². The predicted molar refractivity (Wildman–Crippen MR) is 73.2 cm³/mol. The molecule has 1 aliphatic carbocycles. The second kappa shape index (κ2) is 6.27. The maximum Gasteiger partial charge on any atom is 0.0197 e. The maximum absolute atomic E-state index is 3.88. The van der Waals surface area contributed by atoms with Crippen molar-refractivity contribution >= 4 is 11.8 Å². The highest BCUT2D eigenvalue weighted by atomic mass is 32.2. The molecule has 0 amide bonds. The van der Waals surface area contributed by atoms with Crippen molar-refractivity contribution in [2.75, 3.05) is 26.4 Å². The standard InChI is InChI=1S/C13H26N2S/c1-15-9-3-4-12(10-15)14-11-5-7-13(16-2)8-6-11/h11-14H,3-10H2,1-2H3. The first-order valence-electron chi connectivity index (χ1n) is 6.75. The minimum absolute atomic E-state index is 0.759. The van der Waals surface area contributed by atoms with Gasteiger partial charge in [0.2, 0.25) is 0 Å². The summed E-state index contributed by atoms with van der Waals surface area (Å²) < 4.78 is 0. The van der Waals surface area contributed by atoms with Crippen LogP contribution in [-0.2, 0) is 0 Å². The first kappa shape index (κ1) is 12.7. The summed E-state index contributed by atoms with van der Waals surface area (Å²) >= 11 is 2.06. The van der Waals surface area contributed by atoms with Crippen LogP contribution >= 0.6 is 11.8 Å². The monoisotopic (exact) mass is 242 g/mol. The molecule has 0 aromatic carbocycles. The van der Waals surface area contributed by atoms with Gasteiger partial charge in [0.05, 0.1) is 0 Å². The van der Waals surface area contributed by atoms with E-state index in [1.54, 1.807) is 0 Å². The molecule has 2 fully saturated rings. The molecule has 16 heavy (non-hydrogen) atoms. The molecule has 2 nitrogen and oxygen atoms in total. The van der Waals surface area contributed by atoms with Crippen molar-refractivity contribution in [2.45, 2.75) is 55.9 Å². The Hall–Kier alpha value is 0.270. The summed E-state index contributed by atoms with van der Waals surface area (Å²) in [6.07, 6.45) is 10.6. The van der Waals surface area contributed by atoms with Crippen LogP contribution in [0.15, 0.2) is 0 Å². The molecule has 1 saturated heterocycles. The SMILES string of the molecule is CSC1CCC(NC2CCCN(C)C2)CC1. The average Bonchev–Trinajstić information content (AvgIpc) is 2.30. The summed E-state index contributed by atoms with van der Waals surface area (Å²) in [5.41, 5.74) is 0. The molecule has 1 aliphatic heterocycles. The van der Waals surface area contributed by atoms with Crippen LogP contribution in [0, 0.1) is 0 Å². The molecule has 1 saturated carbocycles. The van der Waals surface area contributed by atoms with Gasteiger partial charge >= 0.3 is 0 Å². The fourth-order valence-electron chi connectivity index (χ4n) is 3.10. The van der Waals surface area contributed by atoms with Crippen LogP contribution in [0.25, 0.3) is 0 Å². The molecule has 1 N–H and O–H groups in total. The number of rotatable bonds is 3. The topological polar surface area (TPSA) is 15.3 Å². The van der Waals surface area contributed by atoms with Gasteiger partial charge in [0, 0.05) is 23.9 Å². The van der Waals surface area contributed by atoms with E-state index in [0.717, 1.165) is 17.3 Å². The highest BCUT2D eigenvalue weighted by Crippen LogP contribution is 2.27. The number of hydrogen-bond donors (Lipinski definition) is 1. The molecular formula is C13H26N2S. The first-order chi connectivity index (χ1) is 7.78. The zero-order chi connectivity index (χ0) is 11.4. The third kappa shape index (κ3) is 3.64. The van der Waals surface area contributed by atoms with Crippen LogP contribution in [0.2, 0.25) is 0 Å². The van der Waals surface area contributed by atoms with E-state index in [2.05, 4.69) is 35.3 Å². The zero-order valence-corrected chi connectivity index (χ0v) is 11.6. The number of piperidine rings is 1. The molecule has 1 atom stereocenters. The molecule has 0 bridgehead atoms. The normalized spacial score (nSPS) is 37.5. The maximum atomic E-state index is 3.88. The molecule has 0 spiro atoms. The fraction of sp³-hybridized carbons (Fsp3) is 1.00. The number of likely N-dealkylation sites (N-methyl/N-ethyl adjacent to an activating group) is 1. The Kier molecular flexibility index (Phi) is 4.98. The Bertz CT molecular complexity index is 202. The predicted octanol–water partition coefficient (Wildman–Crippen LogP) is 2.34. The molecule has 2 rings (SSSR count). The molecule has 0 aromatic rings. The average molecular weight is 242 g/mol. The smallest absolute Gasteiger partial charge is 0.0197 e. The summed E-state index contributed by atoms with van der Waals surface area (Å²) in [6.45, 7) is 2.54. The van der Waals surface area contributed by atoms with Crippen molar-refractivity contribution in [3.63, 3.8) is 0 Å². The largest absolute Gasteiger partial charge is 0.310 e. The van der Waals surface area contributed by atoms with Gasteiger partial charge in [-0.2, -0.15) is 11.8 Å². The lowest BCUT2D eigenvalue weighted by Crippen LogP contribution is -2.48. The summed E-state index contributed by atoms with van der Waals surface area (Å²) in [5.74, 6) is 0. The molecule has 0 aromatic heterocycles. The van der Waals surface area contributed by atoms with E-state index in [1.807, 2.05) is 0 Å².